The predicted molar refractivity (Wildman–Crippen MR) is 81.1 cm³/mol. The summed E-state index contributed by atoms with van der Waals surface area (Å²) in [6, 6.07) is 0. The van der Waals surface area contributed by atoms with Crippen LogP contribution in [-0.2, 0) is 4.79 Å². The van der Waals surface area contributed by atoms with Gasteiger partial charge in [0.2, 0.25) is 5.91 Å². The van der Waals surface area contributed by atoms with Crippen LogP contribution in [-0.4, -0.2) is 24.5 Å². The Labute approximate surface area is 118 Å². The van der Waals surface area contributed by atoms with Gasteiger partial charge in [-0.3, -0.25) is 4.79 Å². The van der Waals surface area contributed by atoms with Crippen molar-refractivity contribution < 1.29 is 4.79 Å². The van der Waals surface area contributed by atoms with E-state index in [9.17, 15) is 4.79 Å². The van der Waals surface area contributed by atoms with Gasteiger partial charge in [0.05, 0.1) is 5.41 Å². The molecule has 1 fully saturated rings. The largest absolute Gasteiger partial charge is 0.351 e. The first kappa shape index (κ1) is 16.5. The quantitative estimate of drug-likeness (QED) is 0.822. The number of nitrogens with one attached hydrogen (secondary N) is 2. The molecule has 0 bridgehead atoms. The lowest BCUT2D eigenvalue weighted by Gasteiger charge is -2.40. The molecule has 0 aromatic heterocycles. The van der Waals surface area contributed by atoms with Crippen molar-refractivity contribution in [1.29, 1.82) is 0 Å². The molecule has 3 heteroatoms. The number of rotatable bonds is 4. The topological polar surface area (TPSA) is 41.1 Å². The number of piperidine rings is 1. The molecule has 0 atom stereocenters. The molecular weight excluding hydrogens is 236 g/mol. The van der Waals surface area contributed by atoms with E-state index in [0.717, 1.165) is 38.8 Å². The van der Waals surface area contributed by atoms with Crippen molar-refractivity contribution in [2.75, 3.05) is 13.1 Å². The van der Waals surface area contributed by atoms with Crippen molar-refractivity contribution >= 4 is 5.91 Å². The molecule has 112 valence electrons. The van der Waals surface area contributed by atoms with Gasteiger partial charge in [0.1, 0.15) is 0 Å². The minimum Gasteiger partial charge on any atom is -0.351 e. The van der Waals surface area contributed by atoms with Crippen LogP contribution in [0, 0.1) is 10.8 Å². The molecule has 1 aliphatic heterocycles. The summed E-state index contributed by atoms with van der Waals surface area (Å²) in [7, 11) is 0. The van der Waals surface area contributed by atoms with E-state index >= 15 is 0 Å². The molecule has 2 N–H and O–H groups in total. The average molecular weight is 268 g/mol. The van der Waals surface area contributed by atoms with Crippen molar-refractivity contribution in [2.45, 2.75) is 72.8 Å². The number of amides is 1. The summed E-state index contributed by atoms with van der Waals surface area (Å²) in [6.45, 7) is 15.0. The molecule has 1 heterocycles. The highest BCUT2D eigenvalue weighted by molar-refractivity contribution is 5.83. The van der Waals surface area contributed by atoms with Gasteiger partial charge in [-0.05, 0) is 58.0 Å². The fourth-order valence-corrected chi connectivity index (χ4v) is 3.46. The van der Waals surface area contributed by atoms with Crippen LogP contribution in [0.25, 0.3) is 0 Å². The summed E-state index contributed by atoms with van der Waals surface area (Å²) < 4.78 is 0. The Kier molecular flexibility index (Phi) is 5.05. The van der Waals surface area contributed by atoms with Gasteiger partial charge in [0.25, 0.3) is 0 Å². The Morgan fingerprint density at radius 1 is 1.16 bits per heavy atom. The van der Waals surface area contributed by atoms with Crippen LogP contribution in [0.5, 0.6) is 0 Å². The number of hydrogen-bond donors (Lipinski definition) is 2. The molecule has 1 amide bonds. The zero-order valence-electron chi connectivity index (χ0n) is 13.7. The molecule has 1 rings (SSSR count). The molecule has 0 unspecified atom stereocenters. The smallest absolute Gasteiger partial charge is 0.226 e. The summed E-state index contributed by atoms with van der Waals surface area (Å²) in [5, 5.41) is 6.66. The Morgan fingerprint density at radius 2 is 1.68 bits per heavy atom. The minimum absolute atomic E-state index is 0.137. The van der Waals surface area contributed by atoms with Crippen LogP contribution >= 0.6 is 0 Å². The summed E-state index contributed by atoms with van der Waals surface area (Å²) in [5.41, 5.74) is -0.0624. The summed E-state index contributed by atoms with van der Waals surface area (Å²) in [5.74, 6) is 0.255. The van der Waals surface area contributed by atoms with Crippen molar-refractivity contribution in [2.24, 2.45) is 10.8 Å². The molecule has 0 aromatic rings. The lowest BCUT2D eigenvalue weighted by molar-refractivity contribution is -0.134. The Bertz CT molecular complexity index is 309. The molecule has 0 aromatic carbocycles. The van der Waals surface area contributed by atoms with E-state index in [2.05, 4.69) is 52.2 Å². The zero-order valence-corrected chi connectivity index (χ0v) is 13.7. The van der Waals surface area contributed by atoms with Gasteiger partial charge in [0.15, 0.2) is 0 Å². The molecule has 0 spiro atoms. The third-order valence-electron chi connectivity index (χ3n) is 4.14. The molecule has 1 aliphatic rings. The third kappa shape index (κ3) is 4.79. The Balaban J connectivity index is 2.71. The SMILES string of the molecule is CCC1(C(=O)NC(C)(C)CC(C)(C)C)CCNCC1. The molecular formula is C16H32N2O. The van der Waals surface area contributed by atoms with Crippen LogP contribution in [0.3, 0.4) is 0 Å². The first-order valence-electron chi connectivity index (χ1n) is 7.64. The predicted octanol–water partition coefficient (Wildman–Crippen LogP) is 3.10. The van der Waals surface area contributed by atoms with Crippen molar-refractivity contribution in [1.82, 2.24) is 10.6 Å². The van der Waals surface area contributed by atoms with Gasteiger partial charge < -0.3 is 10.6 Å². The molecule has 0 radical (unpaired) electrons. The standard InChI is InChI=1S/C16H32N2O/c1-7-16(8-10-17-11-9-16)13(19)18-15(5,6)12-14(2,3)4/h17H,7-12H2,1-6H3,(H,18,19). The molecule has 0 aliphatic carbocycles. The average Bonchev–Trinajstić information content (AvgIpc) is 2.25. The highest BCUT2D eigenvalue weighted by atomic mass is 16.2. The fraction of sp³-hybridized carbons (Fsp3) is 0.938. The number of carbonyl (C=O) groups excluding carboxylic acids is 1. The molecule has 0 saturated carbocycles. The second-order valence-electron chi connectivity index (χ2n) is 7.96. The van der Waals surface area contributed by atoms with Crippen LogP contribution in [0.15, 0.2) is 0 Å². The number of carbonyl (C=O) groups is 1. The highest BCUT2D eigenvalue weighted by Gasteiger charge is 2.40. The van der Waals surface area contributed by atoms with Crippen molar-refractivity contribution in [3.63, 3.8) is 0 Å². The summed E-state index contributed by atoms with van der Waals surface area (Å²) in [4.78, 5) is 12.7. The monoisotopic (exact) mass is 268 g/mol. The van der Waals surface area contributed by atoms with Gasteiger partial charge in [-0.2, -0.15) is 0 Å². The summed E-state index contributed by atoms with van der Waals surface area (Å²) >= 11 is 0. The second-order valence-corrected chi connectivity index (χ2v) is 7.96. The Hall–Kier alpha value is -0.570. The van der Waals surface area contributed by atoms with Crippen LogP contribution in [0.4, 0.5) is 0 Å². The Morgan fingerprint density at radius 3 is 2.11 bits per heavy atom. The first-order valence-corrected chi connectivity index (χ1v) is 7.64. The number of hydrogen-bond acceptors (Lipinski definition) is 2. The highest BCUT2D eigenvalue weighted by Crippen LogP contribution is 2.34. The second kappa shape index (κ2) is 5.82. The van der Waals surface area contributed by atoms with E-state index in [0.29, 0.717) is 0 Å². The van der Waals surface area contributed by atoms with E-state index in [1.807, 2.05) is 0 Å². The lowest BCUT2D eigenvalue weighted by Crippen LogP contribution is -2.54. The molecule has 19 heavy (non-hydrogen) atoms. The lowest BCUT2D eigenvalue weighted by atomic mass is 9.74. The maximum Gasteiger partial charge on any atom is 0.226 e. The molecule has 1 saturated heterocycles. The maximum atomic E-state index is 12.7. The van der Waals surface area contributed by atoms with Gasteiger partial charge in [0, 0.05) is 5.54 Å². The van der Waals surface area contributed by atoms with Gasteiger partial charge in [-0.1, -0.05) is 27.7 Å². The van der Waals surface area contributed by atoms with Gasteiger partial charge in [-0.15, -0.1) is 0 Å². The zero-order chi connectivity index (χ0) is 14.7. The van der Waals surface area contributed by atoms with Crippen LogP contribution < -0.4 is 10.6 Å². The van der Waals surface area contributed by atoms with E-state index in [1.165, 1.54) is 0 Å². The van der Waals surface area contributed by atoms with Gasteiger partial charge >= 0.3 is 0 Å². The van der Waals surface area contributed by atoms with E-state index in [4.69, 9.17) is 0 Å². The van der Waals surface area contributed by atoms with E-state index in [1.54, 1.807) is 0 Å². The van der Waals surface area contributed by atoms with Crippen molar-refractivity contribution in [3.05, 3.63) is 0 Å². The first-order chi connectivity index (χ1) is 8.60. The van der Waals surface area contributed by atoms with Crippen LogP contribution in [0.1, 0.15) is 67.2 Å². The maximum absolute atomic E-state index is 12.7. The van der Waals surface area contributed by atoms with E-state index in [-0.39, 0.29) is 22.3 Å². The van der Waals surface area contributed by atoms with E-state index < -0.39 is 0 Å². The minimum atomic E-state index is -0.152. The van der Waals surface area contributed by atoms with Crippen LogP contribution in [0.2, 0.25) is 0 Å². The van der Waals surface area contributed by atoms with Gasteiger partial charge in [-0.25, -0.2) is 0 Å². The van der Waals surface area contributed by atoms with Crippen molar-refractivity contribution in [3.8, 4) is 0 Å². The summed E-state index contributed by atoms with van der Waals surface area (Å²) in [6.07, 6.45) is 3.84. The molecule has 3 nitrogen and oxygen atoms in total. The fourth-order valence-electron chi connectivity index (χ4n) is 3.46. The normalized spacial score (nSPS) is 20.1. The third-order valence-corrected chi connectivity index (χ3v) is 4.14.